The van der Waals surface area contributed by atoms with Crippen LogP contribution in [0.1, 0.15) is 26.1 Å². The van der Waals surface area contributed by atoms with Gasteiger partial charge in [-0.05, 0) is 37.6 Å². The lowest BCUT2D eigenvalue weighted by Gasteiger charge is -2.33. The van der Waals surface area contributed by atoms with E-state index in [0.29, 0.717) is 40.0 Å². The summed E-state index contributed by atoms with van der Waals surface area (Å²) in [5, 5.41) is 6.28. The molecule has 0 spiro atoms. The molecule has 0 radical (unpaired) electrons. The van der Waals surface area contributed by atoms with Gasteiger partial charge >= 0.3 is 0 Å². The fourth-order valence-electron chi connectivity index (χ4n) is 4.63. The fourth-order valence-corrected chi connectivity index (χ4v) is 5.66. The van der Waals surface area contributed by atoms with Gasteiger partial charge in [0.05, 0.1) is 18.0 Å². The largest absolute Gasteiger partial charge is 0.605 e. The Hall–Kier alpha value is -4.24. The number of hydrogen-bond donors (Lipinski definition) is 3. The smallest absolute Gasteiger partial charge is 0.272 e. The lowest BCUT2D eigenvalue weighted by Crippen LogP contribution is -2.45. The molecule has 3 aromatic heterocycles. The number of carbonyl (C=O) groups is 1. The number of rotatable bonds is 12. The van der Waals surface area contributed by atoms with Crippen LogP contribution in [0.3, 0.4) is 0 Å². The second-order valence-corrected chi connectivity index (χ2v) is 12.4. The van der Waals surface area contributed by atoms with Gasteiger partial charge in [-0.3, -0.25) is 4.79 Å². The number of piperazine rings is 1. The molecule has 232 valence electrons. The summed E-state index contributed by atoms with van der Waals surface area (Å²) in [6.45, 7) is 7.30. The molecule has 1 saturated heterocycles. The van der Waals surface area contributed by atoms with Gasteiger partial charge < -0.3 is 39.9 Å². The molecular weight excluding hydrogens is 582 g/mol. The minimum Gasteiger partial charge on any atom is -0.605 e. The van der Waals surface area contributed by atoms with Crippen molar-refractivity contribution >= 4 is 40.0 Å². The molecule has 44 heavy (non-hydrogen) atoms. The van der Waals surface area contributed by atoms with Crippen LogP contribution in [0.2, 0.25) is 0 Å². The van der Waals surface area contributed by atoms with E-state index in [9.17, 15) is 9.35 Å². The molecule has 4 aromatic rings. The van der Waals surface area contributed by atoms with Crippen LogP contribution in [-0.2, 0) is 22.6 Å². The summed E-state index contributed by atoms with van der Waals surface area (Å²) in [4.78, 5) is 35.4. The zero-order valence-corrected chi connectivity index (χ0v) is 25.8. The molecule has 0 saturated carbocycles. The predicted molar refractivity (Wildman–Crippen MR) is 167 cm³/mol. The Kier molecular flexibility index (Phi) is 10.3. The lowest BCUT2D eigenvalue weighted by molar-refractivity contribution is -0.117. The van der Waals surface area contributed by atoms with Crippen molar-refractivity contribution in [3.8, 4) is 5.88 Å². The average Bonchev–Trinajstić information content (AvgIpc) is 3.53. The predicted octanol–water partition coefficient (Wildman–Crippen LogP) is 3.41. The number of nitrogens with one attached hydrogen (secondary N) is 2. The Morgan fingerprint density at radius 1 is 1.11 bits per heavy atom. The molecular formula is C30H37N9O4S. The number of carbonyl (C=O) groups excluding carboxylic acids is 1. The molecule has 0 aliphatic carbocycles. The summed E-state index contributed by atoms with van der Waals surface area (Å²) in [7, 11) is 2.07. The van der Waals surface area contributed by atoms with Gasteiger partial charge in [0.25, 0.3) is 10.9 Å². The van der Waals surface area contributed by atoms with E-state index in [1.54, 1.807) is 49.0 Å². The molecule has 4 heterocycles. The van der Waals surface area contributed by atoms with Crippen LogP contribution in [0.25, 0.3) is 0 Å². The Morgan fingerprint density at radius 2 is 1.86 bits per heavy atom. The van der Waals surface area contributed by atoms with Crippen molar-refractivity contribution in [1.82, 2.24) is 24.8 Å². The standard InChI is InChI=1S/C30H37N9O4S/c1-20(2)13-25(31)29(40)36-23-14-22(35-21-5-12-42-18-21)15-24(16-23)44(41)27-17-34-28(39-10-8-38(3)9-11-39)30(37-27)43-19-26-32-6-4-7-33-26/h4-7,12,14-18,20,25,35H,8-11,13,19,31H2,1-3H3,(H,36,40). The summed E-state index contributed by atoms with van der Waals surface area (Å²) >= 11 is -1.79. The number of amides is 1. The average molecular weight is 620 g/mol. The van der Waals surface area contributed by atoms with Crippen LogP contribution < -0.4 is 26.0 Å². The zero-order valence-electron chi connectivity index (χ0n) is 25.0. The molecule has 5 rings (SSSR count). The highest BCUT2D eigenvalue weighted by molar-refractivity contribution is 7.91. The van der Waals surface area contributed by atoms with E-state index in [2.05, 4.69) is 47.4 Å². The monoisotopic (exact) mass is 619 g/mol. The van der Waals surface area contributed by atoms with Crippen molar-refractivity contribution < 1.29 is 18.5 Å². The molecule has 1 aliphatic rings. The Bertz CT molecular complexity index is 1520. The van der Waals surface area contributed by atoms with Crippen LogP contribution in [-0.4, -0.2) is 74.6 Å². The van der Waals surface area contributed by atoms with Gasteiger partial charge in [-0.1, -0.05) is 13.8 Å². The third-order valence-corrected chi connectivity index (χ3v) is 8.15. The Labute approximate surface area is 259 Å². The molecule has 2 unspecified atom stereocenters. The number of benzene rings is 1. The van der Waals surface area contributed by atoms with Gasteiger partial charge in [-0.25, -0.2) is 15.0 Å². The summed E-state index contributed by atoms with van der Waals surface area (Å²) in [6.07, 6.45) is 8.40. The Balaban J connectivity index is 1.45. The molecule has 14 heteroatoms. The number of likely N-dealkylation sites (N-methyl/N-ethyl adjacent to an activating group) is 1. The van der Waals surface area contributed by atoms with Gasteiger partial charge in [0.2, 0.25) is 5.91 Å². The first-order chi connectivity index (χ1) is 21.2. The maximum atomic E-state index is 14.0. The molecule has 1 aromatic carbocycles. The van der Waals surface area contributed by atoms with Crippen LogP contribution in [0, 0.1) is 5.92 Å². The third kappa shape index (κ3) is 8.23. The number of ether oxygens (including phenoxy) is 1. The van der Waals surface area contributed by atoms with Gasteiger partial charge in [-0.2, -0.15) is 4.98 Å². The number of hydrogen-bond acceptors (Lipinski definition) is 12. The molecule has 13 nitrogen and oxygen atoms in total. The lowest BCUT2D eigenvalue weighted by atomic mass is 10.0. The molecule has 0 bridgehead atoms. The topological polar surface area (TPSA) is 171 Å². The van der Waals surface area contributed by atoms with Crippen molar-refractivity contribution in [3.05, 3.63) is 67.3 Å². The molecule has 4 N–H and O–H groups in total. The van der Waals surface area contributed by atoms with Gasteiger partial charge in [-0.15, -0.1) is 0 Å². The number of furan rings is 1. The van der Waals surface area contributed by atoms with Gasteiger partial charge in [0.15, 0.2) is 16.5 Å². The molecule has 1 fully saturated rings. The van der Waals surface area contributed by atoms with Gasteiger partial charge in [0.1, 0.15) is 19.1 Å². The normalized spacial score (nSPS) is 15.2. The van der Waals surface area contributed by atoms with Crippen LogP contribution in [0.15, 0.2) is 75.8 Å². The quantitative estimate of drug-likeness (QED) is 0.198. The molecule has 1 amide bonds. The van der Waals surface area contributed by atoms with E-state index >= 15 is 0 Å². The second-order valence-electron chi connectivity index (χ2n) is 11.0. The molecule has 1 aliphatic heterocycles. The summed E-state index contributed by atoms with van der Waals surface area (Å²) in [6, 6.07) is 7.91. The fraction of sp³-hybridized carbons (Fsp3) is 0.367. The van der Waals surface area contributed by atoms with Gasteiger partial charge in [0, 0.05) is 73.3 Å². The first kappa shape index (κ1) is 31.2. The highest BCUT2D eigenvalue weighted by Crippen LogP contribution is 2.32. The first-order valence-corrected chi connectivity index (χ1v) is 15.5. The van der Waals surface area contributed by atoms with E-state index < -0.39 is 17.2 Å². The number of anilines is 4. The Morgan fingerprint density at radius 3 is 2.57 bits per heavy atom. The van der Waals surface area contributed by atoms with Crippen molar-refractivity contribution in [3.63, 3.8) is 0 Å². The number of nitrogens with zero attached hydrogens (tertiary/aromatic N) is 6. The second kappa shape index (κ2) is 14.5. The van der Waals surface area contributed by atoms with Crippen molar-refractivity contribution in [1.29, 1.82) is 0 Å². The number of aromatic nitrogens is 4. The van der Waals surface area contributed by atoms with Crippen molar-refractivity contribution in [2.24, 2.45) is 11.7 Å². The van der Waals surface area contributed by atoms with Crippen molar-refractivity contribution in [2.45, 2.75) is 42.8 Å². The first-order valence-electron chi connectivity index (χ1n) is 14.4. The number of nitrogens with two attached hydrogens (primary N) is 1. The summed E-state index contributed by atoms with van der Waals surface area (Å²) in [5.41, 5.74) is 7.84. The highest BCUT2D eigenvalue weighted by Gasteiger charge is 2.26. The summed E-state index contributed by atoms with van der Waals surface area (Å²) < 4.78 is 25.3. The van der Waals surface area contributed by atoms with Crippen LogP contribution >= 0.6 is 0 Å². The maximum Gasteiger partial charge on any atom is 0.272 e. The van der Waals surface area contributed by atoms with E-state index in [1.807, 2.05) is 13.8 Å². The van der Waals surface area contributed by atoms with Crippen LogP contribution in [0.5, 0.6) is 5.88 Å². The maximum absolute atomic E-state index is 14.0. The molecule has 2 atom stereocenters. The van der Waals surface area contributed by atoms with E-state index in [1.165, 1.54) is 12.5 Å². The van der Waals surface area contributed by atoms with Crippen molar-refractivity contribution in [2.75, 3.05) is 48.8 Å². The minimum atomic E-state index is -1.79. The van der Waals surface area contributed by atoms with E-state index in [4.69, 9.17) is 14.9 Å². The minimum absolute atomic E-state index is 0.0727. The van der Waals surface area contributed by atoms with Crippen LogP contribution in [0.4, 0.5) is 22.9 Å². The summed E-state index contributed by atoms with van der Waals surface area (Å²) in [5.74, 6) is 1.22. The van der Waals surface area contributed by atoms with E-state index in [-0.39, 0.29) is 29.3 Å². The van der Waals surface area contributed by atoms with E-state index in [0.717, 1.165) is 26.2 Å². The third-order valence-electron chi connectivity index (χ3n) is 6.91. The highest BCUT2D eigenvalue weighted by atomic mass is 32.2. The SMILES string of the molecule is CC(C)CC(N)C(=O)Nc1cc(Nc2ccoc2)cc([S+]([O-])c2cnc(N3CCN(C)CC3)c(OCc3ncccn3)n2)c1. The zero-order chi connectivity index (χ0) is 31.1.